The number of rotatable bonds is 2. The topological polar surface area (TPSA) is 19.4 Å². The Labute approximate surface area is 98.1 Å². The Hall–Kier alpha value is -1.09. The normalized spacial score (nSPS) is 21.4. The lowest BCUT2D eigenvalue weighted by atomic mass is 10.1. The molecule has 88 valence electrons. The van der Waals surface area contributed by atoms with Gasteiger partial charge in [-0.1, -0.05) is 0 Å². The molecule has 2 heterocycles. The predicted octanol–water partition coefficient (Wildman–Crippen LogP) is 2.22. The van der Waals surface area contributed by atoms with Crippen LogP contribution in [0.15, 0.2) is 12.3 Å². The minimum Gasteiger partial charge on any atom is -0.363 e. The molecule has 2 rings (SSSR count). The molecule has 1 saturated heterocycles. The highest BCUT2D eigenvalue weighted by Crippen LogP contribution is 2.31. The zero-order chi connectivity index (χ0) is 11.7. The average molecular weight is 219 g/mol. The van der Waals surface area contributed by atoms with Crippen LogP contribution >= 0.6 is 0 Å². The van der Waals surface area contributed by atoms with Crippen LogP contribution in [0.4, 0.5) is 5.82 Å². The second kappa shape index (κ2) is 4.42. The van der Waals surface area contributed by atoms with Crippen LogP contribution in [-0.4, -0.2) is 37.6 Å². The van der Waals surface area contributed by atoms with Crippen LogP contribution in [0, 0.1) is 6.92 Å². The fraction of sp³-hybridized carbons (Fsp3) is 0.615. The van der Waals surface area contributed by atoms with Crippen LogP contribution in [0.2, 0.25) is 0 Å². The van der Waals surface area contributed by atoms with Gasteiger partial charge >= 0.3 is 0 Å². The van der Waals surface area contributed by atoms with Crippen LogP contribution in [-0.2, 0) is 0 Å². The summed E-state index contributed by atoms with van der Waals surface area (Å²) < 4.78 is 0. The molecular weight excluding hydrogens is 198 g/mol. The number of aromatic nitrogens is 1. The van der Waals surface area contributed by atoms with E-state index in [4.69, 9.17) is 0 Å². The zero-order valence-corrected chi connectivity index (χ0v) is 10.7. The first kappa shape index (κ1) is 11.4. The van der Waals surface area contributed by atoms with Gasteiger partial charge in [-0.2, -0.15) is 0 Å². The molecule has 1 aromatic heterocycles. The molecular formula is C13H21N3. The molecule has 0 N–H and O–H groups in total. The fourth-order valence-electron chi connectivity index (χ4n) is 2.57. The smallest absolute Gasteiger partial charge is 0.130 e. The molecule has 0 amide bonds. The van der Waals surface area contributed by atoms with Crippen molar-refractivity contribution in [3.8, 4) is 0 Å². The molecule has 0 radical (unpaired) electrons. The van der Waals surface area contributed by atoms with Gasteiger partial charge in [-0.25, -0.2) is 4.98 Å². The van der Waals surface area contributed by atoms with Crippen molar-refractivity contribution >= 4 is 5.82 Å². The maximum absolute atomic E-state index is 4.56. The monoisotopic (exact) mass is 219 g/mol. The summed E-state index contributed by atoms with van der Waals surface area (Å²) in [7, 11) is 6.28. The number of hydrogen-bond acceptors (Lipinski definition) is 3. The number of pyridine rings is 1. The summed E-state index contributed by atoms with van der Waals surface area (Å²) in [6.45, 7) is 3.35. The van der Waals surface area contributed by atoms with Crippen LogP contribution in [0.25, 0.3) is 0 Å². The van der Waals surface area contributed by atoms with E-state index in [0.717, 1.165) is 5.82 Å². The molecule has 0 saturated carbocycles. The first-order valence-corrected chi connectivity index (χ1v) is 5.93. The Balaban J connectivity index is 2.27. The van der Waals surface area contributed by atoms with Gasteiger partial charge in [0.15, 0.2) is 0 Å². The largest absolute Gasteiger partial charge is 0.363 e. The maximum atomic E-state index is 4.56. The van der Waals surface area contributed by atoms with Crippen LogP contribution in [0.1, 0.15) is 30.0 Å². The van der Waals surface area contributed by atoms with Crippen molar-refractivity contribution in [1.82, 2.24) is 9.88 Å². The van der Waals surface area contributed by atoms with Gasteiger partial charge in [0.25, 0.3) is 0 Å². The molecule has 3 nitrogen and oxygen atoms in total. The van der Waals surface area contributed by atoms with E-state index < -0.39 is 0 Å². The number of hydrogen-bond donors (Lipinski definition) is 0. The zero-order valence-electron chi connectivity index (χ0n) is 10.7. The molecule has 0 spiro atoms. The van der Waals surface area contributed by atoms with Crippen molar-refractivity contribution in [2.75, 3.05) is 32.6 Å². The molecule has 0 bridgehead atoms. The highest BCUT2D eigenvalue weighted by atomic mass is 15.2. The third-order valence-electron chi connectivity index (χ3n) is 3.40. The fourth-order valence-corrected chi connectivity index (χ4v) is 2.57. The van der Waals surface area contributed by atoms with Crippen LogP contribution in [0.3, 0.4) is 0 Å². The number of aryl methyl sites for hydroxylation is 1. The van der Waals surface area contributed by atoms with Crippen molar-refractivity contribution in [3.05, 3.63) is 23.4 Å². The van der Waals surface area contributed by atoms with E-state index in [9.17, 15) is 0 Å². The highest BCUT2D eigenvalue weighted by molar-refractivity contribution is 5.46. The van der Waals surface area contributed by atoms with Gasteiger partial charge in [0.05, 0.1) is 0 Å². The Morgan fingerprint density at radius 1 is 1.44 bits per heavy atom. The number of nitrogens with zero attached hydrogens (tertiary/aromatic N) is 3. The van der Waals surface area contributed by atoms with Gasteiger partial charge in [0, 0.05) is 26.3 Å². The van der Waals surface area contributed by atoms with E-state index in [0.29, 0.717) is 6.04 Å². The summed E-state index contributed by atoms with van der Waals surface area (Å²) in [6.07, 6.45) is 4.60. The first-order chi connectivity index (χ1) is 7.59. The standard InChI is InChI=1S/C13H21N3/c1-10-8-11(9-14-13(10)15(2)3)12-6-5-7-16(12)4/h8-9,12H,5-7H2,1-4H3/t12-/m1/s1. The summed E-state index contributed by atoms with van der Waals surface area (Å²) in [6, 6.07) is 2.86. The van der Waals surface area contributed by atoms with Crippen molar-refractivity contribution in [2.24, 2.45) is 0 Å². The minimum absolute atomic E-state index is 0.572. The van der Waals surface area contributed by atoms with Crippen molar-refractivity contribution in [2.45, 2.75) is 25.8 Å². The minimum atomic E-state index is 0.572. The molecule has 1 fully saturated rings. The molecule has 1 atom stereocenters. The Morgan fingerprint density at radius 3 is 2.69 bits per heavy atom. The molecule has 0 unspecified atom stereocenters. The molecule has 0 aromatic carbocycles. The highest BCUT2D eigenvalue weighted by Gasteiger charge is 2.23. The van der Waals surface area contributed by atoms with Gasteiger partial charge in [0.2, 0.25) is 0 Å². The van der Waals surface area contributed by atoms with Crippen molar-refractivity contribution < 1.29 is 0 Å². The number of likely N-dealkylation sites (tertiary alicyclic amines) is 1. The molecule has 1 aliphatic rings. The van der Waals surface area contributed by atoms with Gasteiger partial charge < -0.3 is 4.90 Å². The van der Waals surface area contributed by atoms with Gasteiger partial charge in [-0.05, 0) is 50.6 Å². The molecule has 0 aliphatic carbocycles. The molecule has 3 heteroatoms. The van der Waals surface area contributed by atoms with Crippen molar-refractivity contribution in [1.29, 1.82) is 0 Å². The Bertz CT molecular complexity index is 373. The summed E-state index contributed by atoms with van der Waals surface area (Å²) in [5.41, 5.74) is 2.63. The van der Waals surface area contributed by atoms with Gasteiger partial charge in [-0.3, -0.25) is 4.90 Å². The predicted molar refractivity (Wildman–Crippen MR) is 67.9 cm³/mol. The second-order valence-corrected chi connectivity index (χ2v) is 4.94. The van der Waals surface area contributed by atoms with Gasteiger partial charge in [0.1, 0.15) is 5.82 Å². The van der Waals surface area contributed by atoms with Crippen LogP contribution in [0.5, 0.6) is 0 Å². The number of anilines is 1. The van der Waals surface area contributed by atoms with Crippen LogP contribution < -0.4 is 4.90 Å². The Kier molecular flexibility index (Phi) is 3.15. The maximum Gasteiger partial charge on any atom is 0.130 e. The van der Waals surface area contributed by atoms with E-state index in [1.807, 2.05) is 20.3 Å². The lowest BCUT2D eigenvalue weighted by molar-refractivity contribution is 0.317. The Morgan fingerprint density at radius 2 is 2.19 bits per heavy atom. The van der Waals surface area contributed by atoms with E-state index in [1.165, 1.54) is 30.5 Å². The third-order valence-corrected chi connectivity index (χ3v) is 3.40. The summed E-state index contributed by atoms with van der Waals surface area (Å²) in [4.78, 5) is 9.05. The molecule has 1 aliphatic heterocycles. The second-order valence-electron chi connectivity index (χ2n) is 4.94. The molecule has 16 heavy (non-hydrogen) atoms. The summed E-state index contributed by atoms with van der Waals surface area (Å²) in [5.74, 6) is 1.07. The van der Waals surface area contributed by atoms with E-state index in [1.54, 1.807) is 0 Å². The van der Waals surface area contributed by atoms with Crippen molar-refractivity contribution in [3.63, 3.8) is 0 Å². The average Bonchev–Trinajstić information content (AvgIpc) is 2.63. The lowest BCUT2D eigenvalue weighted by Crippen LogP contribution is -2.18. The molecule has 1 aromatic rings. The third kappa shape index (κ3) is 2.05. The van der Waals surface area contributed by atoms with E-state index in [-0.39, 0.29) is 0 Å². The van der Waals surface area contributed by atoms with E-state index >= 15 is 0 Å². The van der Waals surface area contributed by atoms with E-state index in [2.05, 4.69) is 34.8 Å². The summed E-state index contributed by atoms with van der Waals surface area (Å²) in [5, 5.41) is 0. The summed E-state index contributed by atoms with van der Waals surface area (Å²) >= 11 is 0. The first-order valence-electron chi connectivity index (χ1n) is 5.93. The quantitative estimate of drug-likeness (QED) is 0.760. The SMILES string of the molecule is Cc1cc([C@H]2CCCN2C)cnc1N(C)C. The van der Waals surface area contributed by atoms with Gasteiger partial charge in [-0.15, -0.1) is 0 Å². The lowest BCUT2D eigenvalue weighted by Gasteiger charge is -2.21.